The molecule has 0 atom stereocenters. The van der Waals surface area contributed by atoms with Gasteiger partial charge in [0.2, 0.25) is 0 Å². The Hall–Kier alpha value is -1.55. The van der Waals surface area contributed by atoms with E-state index >= 15 is 0 Å². The van der Waals surface area contributed by atoms with Crippen LogP contribution in [0.1, 0.15) is 18.1 Å². The van der Waals surface area contributed by atoms with E-state index in [0.29, 0.717) is 6.54 Å². The fourth-order valence-electron chi connectivity index (χ4n) is 2.20. The SMILES string of the molecule is COc1ccc(CCN(C)CC(C)=O)c(OC)c1C. The number of hydrogen-bond acceptors (Lipinski definition) is 4. The third kappa shape index (κ3) is 4.24. The van der Waals surface area contributed by atoms with E-state index in [1.54, 1.807) is 21.1 Å². The van der Waals surface area contributed by atoms with E-state index in [2.05, 4.69) is 0 Å². The van der Waals surface area contributed by atoms with Crippen LogP contribution in [0.3, 0.4) is 0 Å². The molecule has 0 saturated carbocycles. The molecule has 0 heterocycles. The van der Waals surface area contributed by atoms with Gasteiger partial charge in [-0.3, -0.25) is 9.69 Å². The smallest absolute Gasteiger partial charge is 0.143 e. The summed E-state index contributed by atoms with van der Waals surface area (Å²) in [6.45, 7) is 4.90. The van der Waals surface area contributed by atoms with Crippen LogP contribution in [0.2, 0.25) is 0 Å². The minimum absolute atomic E-state index is 0.181. The fraction of sp³-hybridized carbons (Fsp3) is 0.533. The molecule has 0 N–H and O–H groups in total. The Kier molecular flexibility index (Phi) is 5.83. The summed E-state index contributed by atoms with van der Waals surface area (Å²) in [5, 5.41) is 0. The molecule has 0 fully saturated rings. The van der Waals surface area contributed by atoms with E-state index in [-0.39, 0.29) is 5.78 Å². The number of carbonyl (C=O) groups excluding carboxylic acids is 1. The highest BCUT2D eigenvalue weighted by atomic mass is 16.5. The van der Waals surface area contributed by atoms with Crippen LogP contribution in [0.25, 0.3) is 0 Å². The molecule has 0 aromatic heterocycles. The van der Waals surface area contributed by atoms with Gasteiger partial charge in [-0.1, -0.05) is 6.07 Å². The number of nitrogens with zero attached hydrogens (tertiary/aromatic N) is 1. The minimum Gasteiger partial charge on any atom is -0.496 e. The molecule has 106 valence electrons. The molecule has 0 aliphatic carbocycles. The van der Waals surface area contributed by atoms with Gasteiger partial charge in [-0.2, -0.15) is 0 Å². The molecule has 0 amide bonds. The molecule has 19 heavy (non-hydrogen) atoms. The first-order chi connectivity index (χ1) is 8.99. The quantitative estimate of drug-likeness (QED) is 0.756. The molecule has 0 saturated heterocycles. The van der Waals surface area contributed by atoms with Gasteiger partial charge in [0, 0.05) is 12.1 Å². The van der Waals surface area contributed by atoms with E-state index in [4.69, 9.17) is 9.47 Å². The van der Waals surface area contributed by atoms with Crippen molar-refractivity contribution < 1.29 is 14.3 Å². The van der Waals surface area contributed by atoms with Crippen LogP contribution in [-0.2, 0) is 11.2 Å². The highest BCUT2D eigenvalue weighted by Gasteiger charge is 2.12. The number of Topliss-reactive ketones (excluding diaryl/α,β-unsaturated/α-hetero) is 1. The number of rotatable bonds is 7. The van der Waals surface area contributed by atoms with E-state index in [1.165, 1.54) is 0 Å². The van der Waals surface area contributed by atoms with Crippen molar-refractivity contribution in [1.29, 1.82) is 0 Å². The van der Waals surface area contributed by atoms with E-state index < -0.39 is 0 Å². The van der Waals surface area contributed by atoms with Gasteiger partial charge in [0.15, 0.2) is 0 Å². The van der Waals surface area contributed by atoms with E-state index in [9.17, 15) is 4.79 Å². The van der Waals surface area contributed by atoms with Crippen LogP contribution < -0.4 is 9.47 Å². The molecular weight excluding hydrogens is 242 g/mol. The summed E-state index contributed by atoms with van der Waals surface area (Å²) in [5.74, 6) is 1.88. The zero-order chi connectivity index (χ0) is 14.4. The van der Waals surface area contributed by atoms with Crippen LogP contribution in [0.4, 0.5) is 0 Å². The molecule has 0 aliphatic rings. The van der Waals surface area contributed by atoms with Gasteiger partial charge in [0.1, 0.15) is 17.3 Å². The molecule has 1 aromatic rings. The van der Waals surface area contributed by atoms with Gasteiger partial charge < -0.3 is 9.47 Å². The molecule has 4 nitrogen and oxygen atoms in total. The predicted octanol–water partition coefficient (Wildman–Crippen LogP) is 2.08. The summed E-state index contributed by atoms with van der Waals surface area (Å²) in [4.78, 5) is 13.1. The highest BCUT2D eigenvalue weighted by Crippen LogP contribution is 2.31. The number of ether oxygens (including phenoxy) is 2. The summed E-state index contributed by atoms with van der Waals surface area (Å²) in [7, 11) is 5.27. The second kappa shape index (κ2) is 7.14. The lowest BCUT2D eigenvalue weighted by Crippen LogP contribution is -2.26. The Balaban J connectivity index is 2.78. The monoisotopic (exact) mass is 265 g/mol. The molecule has 0 bridgehead atoms. The van der Waals surface area contributed by atoms with Crippen molar-refractivity contribution in [2.75, 3.05) is 34.4 Å². The molecule has 0 radical (unpaired) electrons. The average Bonchev–Trinajstić information content (AvgIpc) is 2.35. The fourth-order valence-corrected chi connectivity index (χ4v) is 2.20. The molecular formula is C15H23NO3. The summed E-state index contributed by atoms with van der Waals surface area (Å²) in [6, 6.07) is 3.98. The molecule has 4 heteroatoms. The number of hydrogen-bond donors (Lipinski definition) is 0. The van der Waals surface area contributed by atoms with Crippen molar-refractivity contribution in [2.45, 2.75) is 20.3 Å². The van der Waals surface area contributed by atoms with Crippen LogP contribution in [-0.4, -0.2) is 45.0 Å². The van der Waals surface area contributed by atoms with Crippen molar-refractivity contribution in [3.63, 3.8) is 0 Å². The largest absolute Gasteiger partial charge is 0.496 e. The van der Waals surface area contributed by atoms with E-state index in [0.717, 1.165) is 35.6 Å². The normalized spacial score (nSPS) is 10.6. The van der Waals surface area contributed by atoms with Gasteiger partial charge in [-0.15, -0.1) is 0 Å². The number of benzene rings is 1. The summed E-state index contributed by atoms with van der Waals surface area (Å²) in [5.41, 5.74) is 2.15. The Bertz CT molecular complexity index is 443. The number of carbonyl (C=O) groups is 1. The Morgan fingerprint density at radius 2 is 1.95 bits per heavy atom. The summed E-state index contributed by atoms with van der Waals surface area (Å²) < 4.78 is 10.8. The predicted molar refractivity (Wildman–Crippen MR) is 76.2 cm³/mol. The van der Waals surface area contributed by atoms with Crippen LogP contribution >= 0.6 is 0 Å². The standard InChI is InChI=1S/C15H23NO3/c1-11(17)10-16(3)9-8-13-6-7-14(18-4)12(2)15(13)19-5/h6-7H,8-10H2,1-5H3. The van der Waals surface area contributed by atoms with Crippen molar-refractivity contribution in [3.8, 4) is 11.5 Å². The molecule has 1 aromatic carbocycles. The first-order valence-corrected chi connectivity index (χ1v) is 6.38. The topological polar surface area (TPSA) is 38.8 Å². The Morgan fingerprint density at radius 1 is 1.26 bits per heavy atom. The van der Waals surface area contributed by atoms with Gasteiger partial charge in [-0.05, 0) is 38.9 Å². The second-order valence-electron chi connectivity index (χ2n) is 4.77. The van der Waals surface area contributed by atoms with Gasteiger partial charge in [0.25, 0.3) is 0 Å². The maximum absolute atomic E-state index is 11.0. The van der Waals surface area contributed by atoms with Crippen LogP contribution in [0.5, 0.6) is 11.5 Å². The lowest BCUT2D eigenvalue weighted by Gasteiger charge is -2.18. The van der Waals surface area contributed by atoms with Crippen molar-refractivity contribution in [3.05, 3.63) is 23.3 Å². The number of methoxy groups -OCH3 is 2. The number of ketones is 1. The van der Waals surface area contributed by atoms with Crippen molar-refractivity contribution in [2.24, 2.45) is 0 Å². The first-order valence-electron chi connectivity index (χ1n) is 6.38. The lowest BCUT2D eigenvalue weighted by atomic mass is 10.1. The maximum Gasteiger partial charge on any atom is 0.143 e. The summed E-state index contributed by atoms with van der Waals surface area (Å²) >= 11 is 0. The Morgan fingerprint density at radius 3 is 2.47 bits per heavy atom. The molecule has 0 unspecified atom stereocenters. The Labute approximate surface area is 115 Å². The van der Waals surface area contributed by atoms with Crippen molar-refractivity contribution in [1.82, 2.24) is 4.90 Å². The minimum atomic E-state index is 0.181. The molecule has 1 rings (SSSR count). The van der Waals surface area contributed by atoms with Crippen LogP contribution in [0, 0.1) is 6.92 Å². The zero-order valence-corrected chi connectivity index (χ0v) is 12.4. The number of likely N-dealkylation sites (N-methyl/N-ethyl adjacent to an activating group) is 1. The second-order valence-corrected chi connectivity index (χ2v) is 4.77. The van der Waals surface area contributed by atoms with Crippen LogP contribution in [0.15, 0.2) is 12.1 Å². The average molecular weight is 265 g/mol. The molecule has 0 spiro atoms. The first kappa shape index (κ1) is 15.5. The van der Waals surface area contributed by atoms with Gasteiger partial charge in [0.05, 0.1) is 20.8 Å². The van der Waals surface area contributed by atoms with E-state index in [1.807, 2.05) is 31.0 Å². The van der Waals surface area contributed by atoms with Crippen molar-refractivity contribution >= 4 is 5.78 Å². The summed E-state index contributed by atoms with van der Waals surface area (Å²) in [6.07, 6.45) is 0.845. The third-order valence-corrected chi connectivity index (χ3v) is 3.12. The van der Waals surface area contributed by atoms with Gasteiger partial charge in [-0.25, -0.2) is 0 Å². The van der Waals surface area contributed by atoms with Gasteiger partial charge >= 0.3 is 0 Å². The molecule has 0 aliphatic heterocycles. The third-order valence-electron chi connectivity index (χ3n) is 3.12. The maximum atomic E-state index is 11.0. The highest BCUT2D eigenvalue weighted by molar-refractivity contribution is 5.77. The lowest BCUT2D eigenvalue weighted by molar-refractivity contribution is -0.117. The zero-order valence-electron chi connectivity index (χ0n) is 12.4.